The van der Waals surface area contributed by atoms with Crippen LogP contribution in [0.1, 0.15) is 18.9 Å². The molecule has 1 aromatic rings. The van der Waals surface area contributed by atoms with E-state index in [0.717, 1.165) is 13.0 Å². The van der Waals surface area contributed by atoms with Gasteiger partial charge in [-0.05, 0) is 36.5 Å². The van der Waals surface area contributed by atoms with Gasteiger partial charge in [-0.25, -0.2) is 0 Å². The highest BCUT2D eigenvalue weighted by atomic mass is 32.2. The summed E-state index contributed by atoms with van der Waals surface area (Å²) < 4.78 is 0. The molecule has 17 heavy (non-hydrogen) atoms. The Morgan fingerprint density at radius 3 is 2.71 bits per heavy atom. The number of rotatable bonds is 9. The molecular formula is C14H23NOS. The first-order valence-corrected chi connectivity index (χ1v) is 7.48. The summed E-state index contributed by atoms with van der Waals surface area (Å²) in [5.41, 5.74) is 1.28. The van der Waals surface area contributed by atoms with Crippen LogP contribution < -0.4 is 5.32 Å². The smallest absolute Gasteiger partial charge is 0.0587 e. The third-order valence-electron chi connectivity index (χ3n) is 2.65. The Morgan fingerprint density at radius 2 is 2.06 bits per heavy atom. The first-order chi connectivity index (χ1) is 8.36. The number of nitrogens with one attached hydrogen (secondary N) is 1. The monoisotopic (exact) mass is 253 g/mol. The van der Waals surface area contributed by atoms with E-state index >= 15 is 0 Å². The lowest BCUT2D eigenvalue weighted by Gasteiger charge is -2.16. The molecule has 2 N–H and O–H groups in total. The topological polar surface area (TPSA) is 32.3 Å². The molecule has 1 aromatic carbocycles. The molecule has 1 atom stereocenters. The summed E-state index contributed by atoms with van der Waals surface area (Å²) in [5.74, 6) is 2.39. The highest BCUT2D eigenvalue weighted by Gasteiger charge is 2.06. The van der Waals surface area contributed by atoms with Gasteiger partial charge < -0.3 is 10.4 Å². The van der Waals surface area contributed by atoms with Crippen LogP contribution in [0.25, 0.3) is 0 Å². The molecule has 0 aliphatic heterocycles. The molecule has 3 heteroatoms. The first-order valence-electron chi connectivity index (χ1n) is 6.32. The predicted molar refractivity (Wildman–Crippen MR) is 76.6 cm³/mol. The zero-order valence-electron chi connectivity index (χ0n) is 10.6. The summed E-state index contributed by atoms with van der Waals surface area (Å²) in [7, 11) is 0. The summed E-state index contributed by atoms with van der Waals surface area (Å²) in [6.07, 6.45) is 2.07. The van der Waals surface area contributed by atoms with Gasteiger partial charge in [-0.15, -0.1) is 0 Å². The van der Waals surface area contributed by atoms with Crippen LogP contribution in [0, 0.1) is 0 Å². The molecule has 0 bridgehead atoms. The van der Waals surface area contributed by atoms with Crippen LogP contribution in [0.3, 0.4) is 0 Å². The van der Waals surface area contributed by atoms with E-state index in [-0.39, 0.29) is 12.6 Å². The van der Waals surface area contributed by atoms with Crippen LogP contribution >= 0.6 is 11.8 Å². The Labute approximate surface area is 109 Å². The van der Waals surface area contributed by atoms with Crippen LogP contribution in [0.4, 0.5) is 0 Å². The second kappa shape index (κ2) is 9.51. The maximum Gasteiger partial charge on any atom is 0.0587 e. The predicted octanol–water partition coefficient (Wildman–Crippen LogP) is 2.32. The zero-order chi connectivity index (χ0) is 12.3. The summed E-state index contributed by atoms with van der Waals surface area (Å²) in [6, 6.07) is 10.5. The van der Waals surface area contributed by atoms with Crippen LogP contribution in [-0.2, 0) is 6.42 Å². The molecule has 0 saturated carbocycles. The highest BCUT2D eigenvalue weighted by Crippen LogP contribution is 2.04. The Bertz CT molecular complexity index is 279. The zero-order valence-corrected chi connectivity index (χ0v) is 11.4. The largest absolute Gasteiger partial charge is 0.395 e. The molecule has 0 saturated heterocycles. The van der Waals surface area contributed by atoms with Crippen molar-refractivity contribution in [2.24, 2.45) is 0 Å². The third kappa shape index (κ3) is 6.71. The van der Waals surface area contributed by atoms with Crippen molar-refractivity contribution in [3.63, 3.8) is 0 Å². The number of hydrogen-bond donors (Lipinski definition) is 2. The van der Waals surface area contributed by atoms with Crippen molar-refractivity contribution in [3.8, 4) is 0 Å². The lowest BCUT2D eigenvalue weighted by Crippen LogP contribution is -2.35. The highest BCUT2D eigenvalue weighted by molar-refractivity contribution is 7.99. The van der Waals surface area contributed by atoms with Crippen LogP contribution in [0.2, 0.25) is 0 Å². The Kier molecular flexibility index (Phi) is 8.14. The van der Waals surface area contributed by atoms with Crippen LogP contribution in [0.15, 0.2) is 30.3 Å². The van der Waals surface area contributed by atoms with Gasteiger partial charge in [0.2, 0.25) is 0 Å². The van der Waals surface area contributed by atoms with E-state index in [9.17, 15) is 5.11 Å². The van der Waals surface area contributed by atoms with Crippen LogP contribution in [0.5, 0.6) is 0 Å². The fraction of sp³-hybridized carbons (Fsp3) is 0.571. The summed E-state index contributed by atoms with van der Waals surface area (Å²) >= 11 is 1.97. The second-order valence-electron chi connectivity index (χ2n) is 4.07. The van der Waals surface area contributed by atoms with E-state index in [4.69, 9.17) is 0 Å². The summed E-state index contributed by atoms with van der Waals surface area (Å²) in [6.45, 7) is 3.38. The number of hydrogen-bond acceptors (Lipinski definition) is 3. The second-order valence-corrected chi connectivity index (χ2v) is 5.47. The fourth-order valence-electron chi connectivity index (χ4n) is 1.72. The van der Waals surface area contributed by atoms with Gasteiger partial charge in [0.25, 0.3) is 0 Å². The average molecular weight is 253 g/mol. The van der Waals surface area contributed by atoms with Gasteiger partial charge >= 0.3 is 0 Å². The molecule has 0 aromatic heterocycles. The SMILES string of the molecule is CCSCCCN[C@@H](CO)Cc1ccccc1. The van der Waals surface area contributed by atoms with E-state index in [0.29, 0.717) is 0 Å². The van der Waals surface area contributed by atoms with E-state index < -0.39 is 0 Å². The fourth-order valence-corrected chi connectivity index (χ4v) is 2.36. The van der Waals surface area contributed by atoms with Crippen molar-refractivity contribution in [2.45, 2.75) is 25.8 Å². The number of benzene rings is 1. The molecular weight excluding hydrogens is 230 g/mol. The molecule has 0 unspecified atom stereocenters. The molecule has 2 nitrogen and oxygen atoms in total. The minimum atomic E-state index is 0.184. The van der Waals surface area contributed by atoms with Crippen molar-refractivity contribution in [2.75, 3.05) is 24.7 Å². The van der Waals surface area contributed by atoms with Crippen LogP contribution in [-0.4, -0.2) is 35.8 Å². The maximum absolute atomic E-state index is 9.32. The van der Waals surface area contributed by atoms with E-state index in [2.05, 4.69) is 24.4 Å². The average Bonchev–Trinajstić information content (AvgIpc) is 2.38. The molecule has 96 valence electrons. The first kappa shape index (κ1) is 14.6. The molecule has 0 heterocycles. The van der Waals surface area contributed by atoms with Gasteiger partial charge in [-0.3, -0.25) is 0 Å². The van der Waals surface area contributed by atoms with Gasteiger partial charge in [-0.1, -0.05) is 37.3 Å². The molecule has 0 fully saturated rings. The Morgan fingerprint density at radius 1 is 1.29 bits per heavy atom. The van der Waals surface area contributed by atoms with Crippen molar-refractivity contribution in [3.05, 3.63) is 35.9 Å². The van der Waals surface area contributed by atoms with Gasteiger partial charge in [0.05, 0.1) is 6.61 Å². The molecule has 1 rings (SSSR count). The van der Waals surface area contributed by atoms with Gasteiger partial charge in [0.15, 0.2) is 0 Å². The lowest BCUT2D eigenvalue weighted by molar-refractivity contribution is 0.242. The molecule has 0 amide bonds. The van der Waals surface area contributed by atoms with Crippen molar-refractivity contribution in [1.29, 1.82) is 0 Å². The van der Waals surface area contributed by atoms with Gasteiger partial charge in [0.1, 0.15) is 0 Å². The number of thioether (sulfide) groups is 1. The van der Waals surface area contributed by atoms with Crippen molar-refractivity contribution >= 4 is 11.8 Å². The Hall–Kier alpha value is -0.510. The summed E-state index contributed by atoms with van der Waals surface area (Å²) in [5, 5.41) is 12.7. The van der Waals surface area contributed by atoms with Crippen molar-refractivity contribution in [1.82, 2.24) is 5.32 Å². The number of aliphatic hydroxyl groups excluding tert-OH is 1. The lowest BCUT2D eigenvalue weighted by atomic mass is 10.1. The Balaban J connectivity index is 2.20. The van der Waals surface area contributed by atoms with E-state index in [1.807, 2.05) is 30.0 Å². The van der Waals surface area contributed by atoms with E-state index in [1.54, 1.807) is 0 Å². The number of aliphatic hydroxyl groups is 1. The minimum absolute atomic E-state index is 0.184. The van der Waals surface area contributed by atoms with Crippen molar-refractivity contribution < 1.29 is 5.11 Å². The summed E-state index contributed by atoms with van der Waals surface area (Å²) in [4.78, 5) is 0. The van der Waals surface area contributed by atoms with Gasteiger partial charge in [-0.2, -0.15) is 11.8 Å². The van der Waals surface area contributed by atoms with Gasteiger partial charge in [0, 0.05) is 6.04 Å². The molecule has 0 radical (unpaired) electrons. The third-order valence-corrected chi connectivity index (χ3v) is 3.63. The quantitative estimate of drug-likeness (QED) is 0.663. The normalized spacial score (nSPS) is 12.6. The molecule has 0 aliphatic carbocycles. The molecule has 0 spiro atoms. The van der Waals surface area contributed by atoms with E-state index in [1.165, 1.54) is 23.5 Å². The minimum Gasteiger partial charge on any atom is -0.395 e. The standard InChI is InChI=1S/C14H23NOS/c1-2-17-10-6-9-15-14(12-16)11-13-7-4-3-5-8-13/h3-5,7-8,14-16H,2,6,9-12H2,1H3/t14-/m1/s1. The molecule has 0 aliphatic rings. The maximum atomic E-state index is 9.32.